The summed E-state index contributed by atoms with van der Waals surface area (Å²) in [5.74, 6) is 1.42. The van der Waals surface area contributed by atoms with Gasteiger partial charge >= 0.3 is 0 Å². The van der Waals surface area contributed by atoms with Crippen molar-refractivity contribution in [3.63, 3.8) is 0 Å². The predicted octanol–water partition coefficient (Wildman–Crippen LogP) is 1.89. The molecule has 3 rings (SSSR count). The number of nitrogens with one attached hydrogen (secondary N) is 1. The average Bonchev–Trinajstić information content (AvgIpc) is 3.15. The first-order chi connectivity index (χ1) is 11.1. The third kappa shape index (κ3) is 4.05. The van der Waals surface area contributed by atoms with Crippen molar-refractivity contribution in [2.45, 2.75) is 39.3 Å². The molecule has 0 saturated carbocycles. The summed E-state index contributed by atoms with van der Waals surface area (Å²) < 4.78 is 12.9. The van der Waals surface area contributed by atoms with Crippen molar-refractivity contribution in [2.75, 3.05) is 25.1 Å². The Bertz CT molecular complexity index is 652. The molecule has 2 atom stereocenters. The van der Waals surface area contributed by atoms with E-state index in [2.05, 4.69) is 27.3 Å². The average molecular weight is 317 g/mol. The lowest BCUT2D eigenvalue weighted by Crippen LogP contribution is -2.26. The van der Waals surface area contributed by atoms with Gasteiger partial charge in [-0.15, -0.1) is 0 Å². The molecule has 0 radical (unpaired) electrons. The van der Waals surface area contributed by atoms with E-state index in [-0.39, 0.29) is 12.1 Å². The van der Waals surface area contributed by atoms with Gasteiger partial charge in [-0.1, -0.05) is 0 Å². The largest absolute Gasteiger partial charge is 0.379 e. The second-order valence-electron chi connectivity index (χ2n) is 5.97. The maximum atomic E-state index is 5.82. The molecule has 1 saturated heterocycles. The molecule has 124 valence electrons. The van der Waals surface area contributed by atoms with Gasteiger partial charge < -0.3 is 14.8 Å². The smallest absolute Gasteiger partial charge is 0.174 e. The Balaban J connectivity index is 1.61. The van der Waals surface area contributed by atoms with E-state index in [1.807, 2.05) is 19.9 Å². The molecular formula is C16H23N5O2. The Morgan fingerprint density at radius 3 is 3.00 bits per heavy atom. The molecule has 2 aromatic rings. The van der Waals surface area contributed by atoms with Crippen LogP contribution in [0.4, 0.5) is 5.82 Å². The van der Waals surface area contributed by atoms with Gasteiger partial charge in [0.15, 0.2) is 5.82 Å². The summed E-state index contributed by atoms with van der Waals surface area (Å²) >= 11 is 0. The number of hydrogen-bond acceptors (Lipinski definition) is 6. The second-order valence-corrected chi connectivity index (χ2v) is 5.97. The molecule has 3 heterocycles. The normalized spacial score (nSPS) is 19.0. The summed E-state index contributed by atoms with van der Waals surface area (Å²) in [6, 6.07) is 2.16. The van der Waals surface area contributed by atoms with Crippen LogP contribution >= 0.6 is 0 Å². The minimum atomic E-state index is 0.139. The van der Waals surface area contributed by atoms with Crippen LogP contribution in [0, 0.1) is 13.8 Å². The highest BCUT2D eigenvalue weighted by molar-refractivity contribution is 5.37. The summed E-state index contributed by atoms with van der Waals surface area (Å²) in [6.07, 6.45) is 4.61. The molecule has 1 fully saturated rings. The van der Waals surface area contributed by atoms with Gasteiger partial charge in [-0.05, 0) is 33.3 Å². The standard InChI is InChI=1S/C16H23N5O2/c1-11-6-13(3)21(20-11)16-8-17-7-15(19-16)18-12(2)9-23-14-4-5-22-10-14/h6-8,12,14H,4-5,9-10H2,1-3H3,(H,18,19). The molecule has 2 aromatic heterocycles. The Morgan fingerprint density at radius 1 is 1.43 bits per heavy atom. The summed E-state index contributed by atoms with van der Waals surface area (Å²) in [6.45, 7) is 8.13. The summed E-state index contributed by atoms with van der Waals surface area (Å²) in [5.41, 5.74) is 2.00. The summed E-state index contributed by atoms with van der Waals surface area (Å²) in [5, 5.41) is 7.76. The Morgan fingerprint density at radius 2 is 2.30 bits per heavy atom. The van der Waals surface area contributed by atoms with E-state index in [9.17, 15) is 0 Å². The van der Waals surface area contributed by atoms with E-state index >= 15 is 0 Å². The van der Waals surface area contributed by atoms with Crippen LogP contribution in [-0.2, 0) is 9.47 Å². The fourth-order valence-electron chi connectivity index (χ4n) is 2.61. The van der Waals surface area contributed by atoms with Crippen molar-refractivity contribution in [2.24, 2.45) is 0 Å². The molecule has 1 aliphatic heterocycles. The van der Waals surface area contributed by atoms with Crippen molar-refractivity contribution in [3.05, 3.63) is 29.8 Å². The number of rotatable bonds is 6. The van der Waals surface area contributed by atoms with E-state index in [1.54, 1.807) is 17.1 Å². The van der Waals surface area contributed by atoms with E-state index in [1.165, 1.54) is 0 Å². The number of hydrogen-bond donors (Lipinski definition) is 1. The van der Waals surface area contributed by atoms with Gasteiger partial charge in [-0.25, -0.2) is 9.67 Å². The molecular weight excluding hydrogens is 294 g/mol. The number of aryl methyl sites for hydroxylation is 2. The molecule has 0 amide bonds. The molecule has 0 spiro atoms. The minimum absolute atomic E-state index is 0.139. The molecule has 7 heteroatoms. The van der Waals surface area contributed by atoms with E-state index in [0.717, 1.165) is 24.4 Å². The highest BCUT2D eigenvalue weighted by Crippen LogP contribution is 2.13. The molecule has 0 aromatic carbocycles. The lowest BCUT2D eigenvalue weighted by Gasteiger charge is -2.17. The number of ether oxygens (including phenoxy) is 2. The first-order valence-electron chi connectivity index (χ1n) is 7.93. The van der Waals surface area contributed by atoms with E-state index < -0.39 is 0 Å². The van der Waals surface area contributed by atoms with Crippen LogP contribution in [0.2, 0.25) is 0 Å². The zero-order valence-electron chi connectivity index (χ0n) is 13.8. The van der Waals surface area contributed by atoms with Gasteiger partial charge in [0.25, 0.3) is 0 Å². The van der Waals surface area contributed by atoms with Crippen LogP contribution < -0.4 is 5.32 Å². The fraction of sp³-hybridized carbons (Fsp3) is 0.562. The maximum absolute atomic E-state index is 5.82. The van der Waals surface area contributed by atoms with E-state index in [4.69, 9.17) is 9.47 Å². The molecule has 0 aliphatic carbocycles. The van der Waals surface area contributed by atoms with Gasteiger partial charge in [0.1, 0.15) is 5.82 Å². The van der Waals surface area contributed by atoms with Crippen molar-refractivity contribution in [3.8, 4) is 5.82 Å². The molecule has 7 nitrogen and oxygen atoms in total. The van der Waals surface area contributed by atoms with Crippen LogP contribution in [0.15, 0.2) is 18.5 Å². The SMILES string of the molecule is Cc1cc(C)n(-c2cncc(NC(C)COC3CCOC3)n2)n1. The van der Waals surface area contributed by atoms with Crippen molar-refractivity contribution < 1.29 is 9.47 Å². The zero-order valence-corrected chi connectivity index (χ0v) is 13.8. The zero-order chi connectivity index (χ0) is 16.2. The Labute approximate surface area is 136 Å². The predicted molar refractivity (Wildman–Crippen MR) is 86.9 cm³/mol. The van der Waals surface area contributed by atoms with Gasteiger partial charge in [0, 0.05) is 18.3 Å². The van der Waals surface area contributed by atoms with Crippen molar-refractivity contribution in [1.29, 1.82) is 0 Å². The number of nitrogens with zero attached hydrogens (tertiary/aromatic N) is 4. The lowest BCUT2D eigenvalue weighted by atomic mass is 10.3. The molecule has 2 unspecified atom stereocenters. The quantitative estimate of drug-likeness (QED) is 0.877. The third-order valence-electron chi connectivity index (χ3n) is 3.71. The van der Waals surface area contributed by atoms with Gasteiger partial charge in [0.05, 0.1) is 37.4 Å². The van der Waals surface area contributed by atoms with Gasteiger partial charge in [-0.2, -0.15) is 5.10 Å². The molecule has 0 bridgehead atoms. The Kier molecular flexibility index (Phi) is 4.88. The van der Waals surface area contributed by atoms with Crippen LogP contribution in [0.1, 0.15) is 24.7 Å². The van der Waals surface area contributed by atoms with Crippen molar-refractivity contribution in [1.82, 2.24) is 19.7 Å². The topological polar surface area (TPSA) is 74.1 Å². The van der Waals surface area contributed by atoms with Crippen LogP contribution in [0.3, 0.4) is 0 Å². The van der Waals surface area contributed by atoms with Crippen LogP contribution in [0.5, 0.6) is 0 Å². The maximum Gasteiger partial charge on any atom is 0.174 e. The highest BCUT2D eigenvalue weighted by atomic mass is 16.5. The molecule has 23 heavy (non-hydrogen) atoms. The number of aromatic nitrogens is 4. The van der Waals surface area contributed by atoms with Gasteiger partial charge in [-0.3, -0.25) is 4.98 Å². The van der Waals surface area contributed by atoms with Crippen LogP contribution in [-0.4, -0.2) is 51.7 Å². The molecule has 1 aliphatic rings. The number of anilines is 1. The summed E-state index contributed by atoms with van der Waals surface area (Å²) in [7, 11) is 0. The van der Waals surface area contributed by atoms with E-state index in [0.29, 0.717) is 24.8 Å². The highest BCUT2D eigenvalue weighted by Gasteiger charge is 2.17. The first kappa shape index (κ1) is 15.9. The summed E-state index contributed by atoms with van der Waals surface area (Å²) in [4.78, 5) is 8.84. The monoisotopic (exact) mass is 317 g/mol. The Hall–Kier alpha value is -1.99. The third-order valence-corrected chi connectivity index (χ3v) is 3.71. The lowest BCUT2D eigenvalue weighted by molar-refractivity contribution is 0.0395. The van der Waals surface area contributed by atoms with Gasteiger partial charge in [0.2, 0.25) is 0 Å². The van der Waals surface area contributed by atoms with Crippen molar-refractivity contribution >= 4 is 5.82 Å². The fourth-order valence-corrected chi connectivity index (χ4v) is 2.61. The molecule has 1 N–H and O–H groups in total. The minimum Gasteiger partial charge on any atom is -0.379 e. The van der Waals surface area contributed by atoms with Crippen LogP contribution in [0.25, 0.3) is 5.82 Å². The second kappa shape index (κ2) is 7.06. The first-order valence-corrected chi connectivity index (χ1v) is 7.93.